The van der Waals surface area contributed by atoms with Gasteiger partial charge in [0.2, 0.25) is 5.95 Å². The van der Waals surface area contributed by atoms with Crippen molar-refractivity contribution in [2.75, 3.05) is 36.2 Å². The second-order valence-corrected chi connectivity index (χ2v) is 10.2. The number of para-hydroxylation sites is 1. The van der Waals surface area contributed by atoms with Crippen LogP contribution in [0.2, 0.25) is 0 Å². The van der Waals surface area contributed by atoms with Crippen LogP contribution >= 0.6 is 22.6 Å². The van der Waals surface area contributed by atoms with Crippen molar-refractivity contribution in [2.24, 2.45) is 5.92 Å². The van der Waals surface area contributed by atoms with Gasteiger partial charge in [-0.1, -0.05) is 12.1 Å². The second kappa shape index (κ2) is 10.7. The summed E-state index contributed by atoms with van der Waals surface area (Å²) in [6.45, 7) is 0.710. The summed E-state index contributed by atoms with van der Waals surface area (Å²) in [5, 5.41) is 9.58. The number of amides is 2. The minimum atomic E-state index is -0.131. The number of urea groups is 1. The maximum Gasteiger partial charge on any atom is 0.319 e. The first kappa shape index (κ1) is 23.1. The van der Waals surface area contributed by atoms with E-state index in [1.54, 1.807) is 0 Å². The highest BCUT2D eigenvalue weighted by Gasteiger charge is 2.24. The van der Waals surface area contributed by atoms with Gasteiger partial charge >= 0.3 is 6.03 Å². The number of aryl methyl sites for hydroxylation is 1. The number of rotatable bonds is 6. The van der Waals surface area contributed by atoms with Crippen LogP contribution in [0.15, 0.2) is 24.3 Å². The Morgan fingerprint density at radius 3 is 2.59 bits per heavy atom. The molecular formula is C24H33IN6O. The summed E-state index contributed by atoms with van der Waals surface area (Å²) in [5.74, 6) is 2.34. The van der Waals surface area contributed by atoms with Crippen LogP contribution in [0.1, 0.15) is 49.8 Å². The molecule has 2 amide bonds. The lowest BCUT2D eigenvalue weighted by molar-refractivity contribution is 0.246. The topological polar surface area (TPSA) is 82.2 Å². The Balaban J connectivity index is 1.26. The maximum atomic E-state index is 12.3. The lowest BCUT2D eigenvalue weighted by Crippen LogP contribution is -2.36. The van der Waals surface area contributed by atoms with Crippen molar-refractivity contribution >= 4 is 46.1 Å². The third-order valence-electron chi connectivity index (χ3n) is 6.44. The number of nitrogens with one attached hydrogen (secondary N) is 3. The van der Waals surface area contributed by atoms with Gasteiger partial charge in [-0.25, -0.2) is 9.78 Å². The number of anilines is 3. The predicted octanol–water partition coefficient (Wildman–Crippen LogP) is 4.82. The van der Waals surface area contributed by atoms with Crippen LogP contribution in [0.3, 0.4) is 0 Å². The van der Waals surface area contributed by atoms with Crippen molar-refractivity contribution in [1.82, 2.24) is 15.3 Å². The molecule has 2 aliphatic rings. The van der Waals surface area contributed by atoms with E-state index in [1.807, 2.05) is 24.3 Å². The molecule has 7 nitrogen and oxygen atoms in total. The van der Waals surface area contributed by atoms with Crippen molar-refractivity contribution in [3.05, 3.63) is 39.1 Å². The third kappa shape index (κ3) is 5.82. The SMILES string of the molecule is CN(C)c1nc(NC2CCC(CNC(=O)Nc3ccccc3I)CC2)nc2c1CCCC2. The van der Waals surface area contributed by atoms with Crippen molar-refractivity contribution < 1.29 is 4.79 Å². The molecule has 0 aliphatic heterocycles. The van der Waals surface area contributed by atoms with E-state index < -0.39 is 0 Å². The van der Waals surface area contributed by atoms with Gasteiger partial charge in [0.05, 0.1) is 11.4 Å². The number of hydrogen-bond acceptors (Lipinski definition) is 5. The molecule has 32 heavy (non-hydrogen) atoms. The number of hydrogen-bond donors (Lipinski definition) is 3. The van der Waals surface area contributed by atoms with E-state index >= 15 is 0 Å². The van der Waals surface area contributed by atoms with Crippen LogP contribution in [0.25, 0.3) is 0 Å². The highest BCUT2D eigenvalue weighted by molar-refractivity contribution is 14.1. The first-order chi connectivity index (χ1) is 15.5. The molecule has 0 bridgehead atoms. The van der Waals surface area contributed by atoms with E-state index in [1.165, 1.54) is 24.1 Å². The fraction of sp³-hybridized carbons (Fsp3) is 0.542. The normalized spacial score (nSPS) is 20.2. The van der Waals surface area contributed by atoms with E-state index in [2.05, 4.69) is 57.5 Å². The van der Waals surface area contributed by atoms with Crippen LogP contribution in [0.5, 0.6) is 0 Å². The molecule has 1 heterocycles. The smallest absolute Gasteiger partial charge is 0.319 e. The Morgan fingerprint density at radius 2 is 1.84 bits per heavy atom. The summed E-state index contributed by atoms with van der Waals surface area (Å²) in [6.07, 6.45) is 8.90. The van der Waals surface area contributed by atoms with E-state index in [4.69, 9.17) is 9.97 Å². The predicted molar refractivity (Wildman–Crippen MR) is 139 cm³/mol. The Labute approximate surface area is 204 Å². The molecule has 0 saturated heterocycles. The van der Waals surface area contributed by atoms with Crippen molar-refractivity contribution in [3.63, 3.8) is 0 Å². The van der Waals surface area contributed by atoms with Crippen LogP contribution < -0.4 is 20.9 Å². The fourth-order valence-electron chi connectivity index (χ4n) is 4.67. The zero-order valence-corrected chi connectivity index (χ0v) is 21.1. The number of carbonyl (C=O) groups is 1. The van der Waals surface area contributed by atoms with Gasteiger partial charge in [0.1, 0.15) is 5.82 Å². The fourth-order valence-corrected chi connectivity index (χ4v) is 5.19. The van der Waals surface area contributed by atoms with Gasteiger partial charge in [-0.05, 0) is 92.0 Å². The molecule has 3 N–H and O–H groups in total. The molecule has 0 atom stereocenters. The van der Waals surface area contributed by atoms with Gasteiger partial charge in [-0.2, -0.15) is 4.98 Å². The standard InChI is InChI=1S/C24H33IN6O/c1-31(2)22-18-7-3-5-9-20(18)28-23(30-22)27-17-13-11-16(12-14-17)15-26-24(32)29-21-10-6-4-8-19(21)25/h4,6,8,10,16-17H,3,5,7,9,11-15H2,1-2H3,(H2,26,29,32)(H,27,28,30). The van der Waals surface area contributed by atoms with Gasteiger partial charge in [-0.15, -0.1) is 0 Å². The Kier molecular flexibility index (Phi) is 7.70. The molecule has 8 heteroatoms. The van der Waals surface area contributed by atoms with E-state index in [-0.39, 0.29) is 6.03 Å². The van der Waals surface area contributed by atoms with E-state index in [9.17, 15) is 4.79 Å². The number of nitrogens with zero attached hydrogens (tertiary/aromatic N) is 3. The molecule has 2 aromatic rings. The molecule has 1 fully saturated rings. The highest BCUT2D eigenvalue weighted by Crippen LogP contribution is 2.30. The summed E-state index contributed by atoms with van der Waals surface area (Å²) in [5.41, 5.74) is 3.39. The van der Waals surface area contributed by atoms with Gasteiger partial charge < -0.3 is 20.9 Å². The Hall–Kier alpha value is -2.10. The third-order valence-corrected chi connectivity index (χ3v) is 7.38. The van der Waals surface area contributed by atoms with Crippen LogP contribution in [0, 0.1) is 9.49 Å². The molecule has 2 aliphatic carbocycles. The van der Waals surface area contributed by atoms with Crippen molar-refractivity contribution in [2.45, 2.75) is 57.4 Å². The first-order valence-electron chi connectivity index (χ1n) is 11.6. The monoisotopic (exact) mass is 548 g/mol. The van der Waals surface area contributed by atoms with Crippen LogP contribution in [0.4, 0.5) is 22.2 Å². The minimum Gasteiger partial charge on any atom is -0.362 e. The molecule has 4 rings (SSSR count). The molecule has 172 valence electrons. The van der Waals surface area contributed by atoms with Crippen LogP contribution in [-0.2, 0) is 12.8 Å². The number of carbonyl (C=O) groups excluding carboxylic acids is 1. The Bertz CT molecular complexity index is 942. The summed E-state index contributed by atoms with van der Waals surface area (Å²) < 4.78 is 1.04. The molecule has 1 aromatic carbocycles. The van der Waals surface area contributed by atoms with E-state index in [0.29, 0.717) is 18.5 Å². The van der Waals surface area contributed by atoms with Gasteiger partial charge in [0, 0.05) is 35.8 Å². The van der Waals surface area contributed by atoms with Crippen LogP contribution in [-0.4, -0.2) is 42.7 Å². The largest absolute Gasteiger partial charge is 0.362 e. The minimum absolute atomic E-state index is 0.131. The van der Waals surface area contributed by atoms with Gasteiger partial charge in [-0.3, -0.25) is 0 Å². The molecule has 0 unspecified atom stereocenters. The van der Waals surface area contributed by atoms with Crippen molar-refractivity contribution in [3.8, 4) is 0 Å². The average molecular weight is 548 g/mol. The van der Waals surface area contributed by atoms with Crippen molar-refractivity contribution in [1.29, 1.82) is 0 Å². The summed E-state index contributed by atoms with van der Waals surface area (Å²) >= 11 is 2.23. The van der Waals surface area contributed by atoms with Gasteiger partial charge in [0.15, 0.2) is 0 Å². The number of fused-ring (bicyclic) bond motifs is 1. The average Bonchev–Trinajstić information content (AvgIpc) is 2.79. The quantitative estimate of drug-likeness (QED) is 0.452. The lowest BCUT2D eigenvalue weighted by Gasteiger charge is -2.30. The zero-order chi connectivity index (χ0) is 22.5. The summed E-state index contributed by atoms with van der Waals surface area (Å²) in [6, 6.07) is 8.06. The molecule has 0 radical (unpaired) electrons. The molecule has 1 saturated carbocycles. The molecule has 0 spiro atoms. The summed E-state index contributed by atoms with van der Waals surface area (Å²) in [7, 11) is 4.13. The number of aromatic nitrogens is 2. The lowest BCUT2D eigenvalue weighted by atomic mass is 9.86. The molecule has 1 aromatic heterocycles. The number of benzene rings is 1. The molecular weight excluding hydrogens is 515 g/mol. The second-order valence-electron chi connectivity index (χ2n) is 9.07. The zero-order valence-electron chi connectivity index (χ0n) is 19.0. The number of halogens is 1. The Morgan fingerprint density at radius 1 is 1.09 bits per heavy atom. The van der Waals surface area contributed by atoms with E-state index in [0.717, 1.165) is 59.5 Å². The highest BCUT2D eigenvalue weighted by atomic mass is 127. The first-order valence-corrected chi connectivity index (χ1v) is 12.7. The maximum absolute atomic E-state index is 12.3. The summed E-state index contributed by atoms with van der Waals surface area (Å²) in [4.78, 5) is 24.1. The van der Waals surface area contributed by atoms with Gasteiger partial charge in [0.25, 0.3) is 0 Å².